The molecule has 6 nitrogen and oxygen atoms in total. The van der Waals surface area contributed by atoms with Gasteiger partial charge in [-0.15, -0.1) is 11.3 Å². The van der Waals surface area contributed by atoms with Crippen molar-refractivity contribution in [2.45, 2.75) is 17.2 Å². The number of nitrogens with one attached hydrogen (secondary N) is 1. The van der Waals surface area contributed by atoms with Crippen molar-refractivity contribution in [3.8, 4) is 5.75 Å². The Labute approximate surface area is 178 Å². The molecule has 1 atom stereocenters. The minimum atomic E-state index is -3.60. The van der Waals surface area contributed by atoms with E-state index in [2.05, 4.69) is 5.32 Å². The smallest absolute Gasteiger partial charge is 0.273 e. The van der Waals surface area contributed by atoms with Gasteiger partial charge in [0.2, 0.25) is 0 Å². The van der Waals surface area contributed by atoms with E-state index in [9.17, 15) is 13.2 Å². The average Bonchev–Trinajstić information content (AvgIpc) is 3.23. The van der Waals surface area contributed by atoms with Crippen molar-refractivity contribution in [1.82, 2.24) is 0 Å². The van der Waals surface area contributed by atoms with Crippen LogP contribution in [0.15, 0.2) is 70.3 Å². The first-order chi connectivity index (χ1) is 13.8. The molecule has 2 aromatic carbocycles. The van der Waals surface area contributed by atoms with Gasteiger partial charge in [-0.1, -0.05) is 23.7 Å². The van der Waals surface area contributed by atoms with E-state index in [1.807, 2.05) is 0 Å². The maximum absolute atomic E-state index is 12.6. The lowest BCUT2D eigenvalue weighted by Crippen LogP contribution is -2.30. The summed E-state index contributed by atoms with van der Waals surface area (Å²) in [5.74, 6) is 0.123. The van der Waals surface area contributed by atoms with Crippen LogP contribution >= 0.6 is 22.9 Å². The van der Waals surface area contributed by atoms with Gasteiger partial charge in [-0.05, 0) is 60.8 Å². The normalized spacial score (nSPS) is 12.2. The Kier molecular flexibility index (Phi) is 6.46. The van der Waals surface area contributed by atoms with Crippen molar-refractivity contribution in [1.29, 1.82) is 0 Å². The highest BCUT2D eigenvalue weighted by molar-refractivity contribution is 7.94. The maximum Gasteiger partial charge on any atom is 0.273 e. The number of carbonyl (C=O) groups is 1. The van der Waals surface area contributed by atoms with Gasteiger partial charge in [-0.25, -0.2) is 8.42 Å². The molecule has 0 aliphatic heterocycles. The van der Waals surface area contributed by atoms with E-state index >= 15 is 0 Å². The quantitative estimate of drug-likeness (QED) is 0.569. The highest BCUT2D eigenvalue weighted by Crippen LogP contribution is 2.27. The summed E-state index contributed by atoms with van der Waals surface area (Å²) in [7, 11) is -2.11. The minimum Gasteiger partial charge on any atom is -0.481 e. The van der Waals surface area contributed by atoms with Gasteiger partial charge in [0.15, 0.2) is 6.10 Å². The number of hydrogen-bond donors (Lipinski definition) is 1. The van der Waals surface area contributed by atoms with Crippen LogP contribution in [0, 0.1) is 0 Å². The topological polar surface area (TPSA) is 75.7 Å². The fraction of sp³-hybridized carbons (Fsp3) is 0.150. The molecule has 0 radical (unpaired) electrons. The summed E-state index contributed by atoms with van der Waals surface area (Å²) in [5, 5.41) is 4.97. The molecule has 0 unspecified atom stereocenters. The molecule has 0 fully saturated rings. The second kappa shape index (κ2) is 8.86. The summed E-state index contributed by atoms with van der Waals surface area (Å²) in [5.41, 5.74) is 1.07. The van der Waals surface area contributed by atoms with E-state index in [1.165, 1.54) is 11.4 Å². The average molecular weight is 451 g/mol. The number of anilines is 2. The summed E-state index contributed by atoms with van der Waals surface area (Å²) in [6.45, 7) is 1.63. The lowest BCUT2D eigenvalue weighted by atomic mass is 10.3. The Bertz CT molecular complexity index is 1080. The standard InChI is InChI=1S/C20H19ClN2O4S2/c1-14(20(24)22-16-6-3-5-15(21)13-16)27-18-10-8-17(9-11-18)23(2)29(25,26)19-7-4-12-28-19/h3-14H,1-2H3,(H,22,24)/t14-/m0/s1. The van der Waals surface area contributed by atoms with E-state index in [-0.39, 0.29) is 10.1 Å². The van der Waals surface area contributed by atoms with E-state index in [4.69, 9.17) is 16.3 Å². The fourth-order valence-corrected chi connectivity index (χ4v) is 5.03. The molecule has 0 saturated carbocycles. The van der Waals surface area contributed by atoms with Crippen LogP contribution in [0.2, 0.25) is 5.02 Å². The van der Waals surface area contributed by atoms with E-state index in [1.54, 1.807) is 73.0 Å². The Morgan fingerprint density at radius 2 is 1.86 bits per heavy atom. The number of amides is 1. The van der Waals surface area contributed by atoms with Crippen molar-refractivity contribution in [3.05, 3.63) is 71.1 Å². The van der Waals surface area contributed by atoms with Crippen LogP contribution in [0.1, 0.15) is 6.92 Å². The zero-order valence-corrected chi connectivity index (χ0v) is 18.1. The van der Waals surface area contributed by atoms with Crippen LogP contribution in [0.5, 0.6) is 5.75 Å². The van der Waals surface area contributed by atoms with Gasteiger partial charge in [0, 0.05) is 17.8 Å². The van der Waals surface area contributed by atoms with E-state index in [0.29, 0.717) is 22.1 Å². The molecule has 0 spiro atoms. The third-order valence-corrected chi connectivity index (χ3v) is 7.48. The van der Waals surface area contributed by atoms with Crippen LogP contribution in [0.25, 0.3) is 0 Å². The largest absolute Gasteiger partial charge is 0.481 e. The number of benzene rings is 2. The number of hydrogen-bond acceptors (Lipinski definition) is 5. The molecule has 29 heavy (non-hydrogen) atoms. The fourth-order valence-electron chi connectivity index (χ4n) is 2.49. The number of nitrogens with zero attached hydrogens (tertiary/aromatic N) is 1. The number of thiophene rings is 1. The number of ether oxygens (including phenoxy) is 1. The van der Waals surface area contributed by atoms with Gasteiger partial charge in [-0.3, -0.25) is 9.10 Å². The second-order valence-corrected chi connectivity index (χ2v) is 9.74. The zero-order valence-electron chi connectivity index (χ0n) is 15.7. The van der Waals surface area contributed by atoms with Crippen LogP contribution in [-0.2, 0) is 14.8 Å². The first-order valence-electron chi connectivity index (χ1n) is 8.63. The first-order valence-corrected chi connectivity index (χ1v) is 11.3. The maximum atomic E-state index is 12.6. The zero-order chi connectivity index (χ0) is 21.0. The summed E-state index contributed by atoms with van der Waals surface area (Å²) < 4.78 is 32.3. The Balaban J connectivity index is 1.65. The predicted octanol–water partition coefficient (Wildman–Crippen LogP) is 4.63. The summed E-state index contributed by atoms with van der Waals surface area (Å²) in [6, 6.07) is 16.6. The van der Waals surface area contributed by atoms with Gasteiger partial charge in [0.25, 0.3) is 15.9 Å². The molecule has 152 valence electrons. The molecule has 0 bridgehead atoms. The van der Waals surface area contributed by atoms with Crippen molar-refractivity contribution in [2.75, 3.05) is 16.7 Å². The Hall–Kier alpha value is -2.55. The third kappa shape index (κ3) is 5.09. The molecule has 1 N–H and O–H groups in total. The van der Waals surface area contributed by atoms with Gasteiger partial charge < -0.3 is 10.1 Å². The van der Waals surface area contributed by atoms with Crippen molar-refractivity contribution in [3.63, 3.8) is 0 Å². The highest BCUT2D eigenvalue weighted by atomic mass is 35.5. The SMILES string of the molecule is C[C@H](Oc1ccc(N(C)S(=O)(=O)c2cccs2)cc1)C(=O)Nc1cccc(Cl)c1. The molecule has 3 aromatic rings. The van der Waals surface area contributed by atoms with E-state index in [0.717, 1.165) is 11.3 Å². The number of carbonyl (C=O) groups excluding carboxylic acids is 1. The van der Waals surface area contributed by atoms with Crippen LogP contribution < -0.4 is 14.4 Å². The molecule has 0 aliphatic rings. The molecule has 0 aliphatic carbocycles. The van der Waals surface area contributed by atoms with Crippen molar-refractivity contribution in [2.24, 2.45) is 0 Å². The number of halogens is 1. The molecule has 3 rings (SSSR count). The van der Waals surface area contributed by atoms with Crippen LogP contribution in [0.4, 0.5) is 11.4 Å². The van der Waals surface area contributed by atoms with Crippen molar-refractivity contribution < 1.29 is 17.9 Å². The molecular weight excluding hydrogens is 432 g/mol. The molecule has 1 amide bonds. The number of rotatable bonds is 7. The second-order valence-electron chi connectivity index (χ2n) is 6.16. The third-order valence-electron chi connectivity index (χ3n) is 4.08. The molecule has 0 saturated heterocycles. The monoisotopic (exact) mass is 450 g/mol. The van der Waals surface area contributed by atoms with E-state index < -0.39 is 16.1 Å². The summed E-state index contributed by atoms with van der Waals surface area (Å²) in [6.07, 6.45) is -0.757. The lowest BCUT2D eigenvalue weighted by molar-refractivity contribution is -0.122. The Morgan fingerprint density at radius 3 is 2.48 bits per heavy atom. The van der Waals surface area contributed by atoms with Gasteiger partial charge >= 0.3 is 0 Å². The summed E-state index contributed by atoms with van der Waals surface area (Å²) >= 11 is 7.08. The van der Waals surface area contributed by atoms with Crippen molar-refractivity contribution >= 4 is 50.2 Å². The summed E-state index contributed by atoms with van der Waals surface area (Å²) in [4.78, 5) is 12.3. The van der Waals surface area contributed by atoms with Gasteiger partial charge in [0.1, 0.15) is 9.96 Å². The Morgan fingerprint density at radius 1 is 1.14 bits per heavy atom. The molecule has 1 aromatic heterocycles. The van der Waals surface area contributed by atoms with Crippen LogP contribution in [0.3, 0.4) is 0 Å². The van der Waals surface area contributed by atoms with Gasteiger partial charge in [-0.2, -0.15) is 0 Å². The minimum absolute atomic E-state index is 0.270. The lowest BCUT2D eigenvalue weighted by Gasteiger charge is -2.19. The number of sulfonamides is 1. The molecule has 1 heterocycles. The van der Waals surface area contributed by atoms with Gasteiger partial charge in [0.05, 0.1) is 5.69 Å². The molecule has 9 heteroatoms. The highest BCUT2D eigenvalue weighted by Gasteiger charge is 2.22. The van der Waals surface area contributed by atoms with Crippen LogP contribution in [-0.4, -0.2) is 27.5 Å². The molecular formula is C20H19ClN2O4S2. The first kappa shape index (κ1) is 21.2. The predicted molar refractivity (Wildman–Crippen MR) is 117 cm³/mol.